The third-order valence-corrected chi connectivity index (χ3v) is 6.73. The molecule has 33 heavy (non-hydrogen) atoms. The maximum absolute atomic E-state index is 13.4. The molecule has 7 nitrogen and oxygen atoms in total. The van der Waals surface area contributed by atoms with Crippen LogP contribution in [0.25, 0.3) is 16.9 Å². The predicted molar refractivity (Wildman–Crippen MR) is 124 cm³/mol. The highest BCUT2D eigenvalue weighted by Crippen LogP contribution is 2.42. The quantitative estimate of drug-likeness (QED) is 0.428. The first kappa shape index (κ1) is 19.9. The Morgan fingerprint density at radius 2 is 1.88 bits per heavy atom. The standard InChI is InChI=1S/C26H25N5O2/c1-29-25(20(14-27-29)26(33)30-10-5-11-30)23(32)12-19-13-24-28-22(18-6-3-2-4-7-18)16-31(24)15-21(19)17-8-9-17/h2-4,6-7,13-17H,5,8-12H2,1H3. The van der Waals surface area contributed by atoms with Crippen LogP contribution in [0, 0.1) is 0 Å². The average molecular weight is 440 g/mol. The van der Waals surface area contributed by atoms with Gasteiger partial charge in [0, 0.05) is 44.5 Å². The molecule has 3 aromatic heterocycles. The molecule has 6 rings (SSSR count). The summed E-state index contributed by atoms with van der Waals surface area (Å²) in [5.41, 5.74) is 5.79. The number of rotatable bonds is 6. The SMILES string of the molecule is Cn1ncc(C(=O)N2CCC2)c1C(=O)Cc1cc2nc(-c3ccccc3)cn2cc1C1CC1. The van der Waals surface area contributed by atoms with E-state index in [-0.39, 0.29) is 18.1 Å². The van der Waals surface area contributed by atoms with Crippen LogP contribution in [-0.4, -0.2) is 48.8 Å². The summed E-state index contributed by atoms with van der Waals surface area (Å²) in [5.74, 6) is 0.296. The summed E-state index contributed by atoms with van der Waals surface area (Å²) in [5, 5.41) is 4.23. The summed E-state index contributed by atoms with van der Waals surface area (Å²) in [6.07, 6.45) is 9.22. The number of aryl methyl sites for hydroxylation is 1. The summed E-state index contributed by atoms with van der Waals surface area (Å²) < 4.78 is 3.60. The molecule has 1 aliphatic carbocycles. The molecule has 0 unspecified atom stereocenters. The van der Waals surface area contributed by atoms with E-state index in [1.165, 1.54) is 16.4 Å². The number of nitrogens with zero attached hydrogens (tertiary/aromatic N) is 5. The second-order valence-corrected chi connectivity index (χ2v) is 9.06. The second-order valence-electron chi connectivity index (χ2n) is 9.06. The minimum absolute atomic E-state index is 0.0834. The molecule has 1 aliphatic heterocycles. The van der Waals surface area contributed by atoms with E-state index in [1.807, 2.05) is 42.6 Å². The van der Waals surface area contributed by atoms with Crippen LogP contribution in [0.15, 0.2) is 55.0 Å². The van der Waals surface area contributed by atoms with Crippen molar-refractivity contribution in [1.82, 2.24) is 24.1 Å². The van der Waals surface area contributed by atoms with E-state index in [0.29, 0.717) is 17.2 Å². The topological polar surface area (TPSA) is 72.5 Å². The van der Waals surface area contributed by atoms with Crippen molar-refractivity contribution in [1.29, 1.82) is 0 Å². The number of likely N-dealkylation sites (tertiary alicyclic amines) is 1. The Hall–Kier alpha value is -3.74. The number of carbonyl (C=O) groups excluding carboxylic acids is 2. The zero-order valence-electron chi connectivity index (χ0n) is 18.6. The highest BCUT2D eigenvalue weighted by Gasteiger charge is 2.31. The fraction of sp³-hybridized carbons (Fsp3) is 0.308. The molecule has 0 N–H and O–H groups in total. The molecule has 4 heterocycles. The number of carbonyl (C=O) groups is 2. The van der Waals surface area contributed by atoms with Crippen LogP contribution in [-0.2, 0) is 13.5 Å². The number of pyridine rings is 1. The van der Waals surface area contributed by atoms with Gasteiger partial charge >= 0.3 is 0 Å². The van der Waals surface area contributed by atoms with Crippen molar-refractivity contribution in [3.8, 4) is 11.3 Å². The number of Topliss-reactive ketones (excluding diaryl/α,β-unsaturated/α-hetero) is 1. The van der Waals surface area contributed by atoms with Crippen molar-refractivity contribution in [2.75, 3.05) is 13.1 Å². The van der Waals surface area contributed by atoms with Gasteiger partial charge in [-0.25, -0.2) is 4.98 Å². The number of fused-ring (bicyclic) bond motifs is 1. The Labute approximate surface area is 191 Å². The van der Waals surface area contributed by atoms with E-state index < -0.39 is 0 Å². The highest BCUT2D eigenvalue weighted by molar-refractivity contribution is 6.07. The molecule has 0 bridgehead atoms. The highest BCUT2D eigenvalue weighted by atomic mass is 16.2. The molecule has 2 fully saturated rings. The van der Waals surface area contributed by atoms with Crippen molar-refractivity contribution in [2.24, 2.45) is 7.05 Å². The lowest BCUT2D eigenvalue weighted by molar-refractivity contribution is 0.0647. The lowest BCUT2D eigenvalue weighted by atomic mass is 9.98. The van der Waals surface area contributed by atoms with Gasteiger partial charge in [0.25, 0.3) is 5.91 Å². The first-order valence-electron chi connectivity index (χ1n) is 11.5. The zero-order chi connectivity index (χ0) is 22.5. The zero-order valence-corrected chi connectivity index (χ0v) is 18.6. The molecule has 4 aromatic rings. The predicted octanol–water partition coefficient (Wildman–Crippen LogP) is 3.88. The van der Waals surface area contributed by atoms with Crippen molar-refractivity contribution in [2.45, 2.75) is 31.6 Å². The Bertz CT molecular complexity index is 1380. The molecule has 0 spiro atoms. The van der Waals surface area contributed by atoms with E-state index in [9.17, 15) is 9.59 Å². The van der Waals surface area contributed by atoms with Gasteiger partial charge in [0.1, 0.15) is 11.3 Å². The monoisotopic (exact) mass is 439 g/mol. The van der Waals surface area contributed by atoms with Crippen molar-refractivity contribution in [3.63, 3.8) is 0 Å². The molecule has 2 aliphatic rings. The van der Waals surface area contributed by atoms with Gasteiger partial charge in [-0.3, -0.25) is 14.3 Å². The summed E-state index contributed by atoms with van der Waals surface area (Å²) in [7, 11) is 1.73. The Balaban J connectivity index is 1.36. The van der Waals surface area contributed by atoms with E-state index in [1.54, 1.807) is 11.9 Å². The van der Waals surface area contributed by atoms with Crippen molar-refractivity contribution >= 4 is 17.3 Å². The van der Waals surface area contributed by atoms with Gasteiger partial charge in [-0.15, -0.1) is 0 Å². The Morgan fingerprint density at radius 1 is 1.09 bits per heavy atom. The number of hydrogen-bond acceptors (Lipinski definition) is 4. The van der Waals surface area contributed by atoms with Gasteiger partial charge in [0.15, 0.2) is 5.78 Å². The third-order valence-electron chi connectivity index (χ3n) is 6.73. The number of imidazole rings is 1. The van der Waals surface area contributed by atoms with Crippen LogP contribution in [0.2, 0.25) is 0 Å². The molecule has 1 saturated carbocycles. The Kier molecular flexibility index (Phi) is 4.64. The van der Waals surface area contributed by atoms with Gasteiger partial charge in [-0.1, -0.05) is 30.3 Å². The third kappa shape index (κ3) is 3.53. The molecule has 1 amide bonds. The van der Waals surface area contributed by atoms with Gasteiger partial charge in [0.2, 0.25) is 0 Å². The second kappa shape index (κ2) is 7.69. The number of hydrogen-bond donors (Lipinski definition) is 0. The summed E-state index contributed by atoms with van der Waals surface area (Å²) in [6.45, 7) is 1.49. The summed E-state index contributed by atoms with van der Waals surface area (Å²) in [6, 6.07) is 12.1. The van der Waals surface area contributed by atoms with Gasteiger partial charge in [-0.2, -0.15) is 5.10 Å². The van der Waals surface area contributed by atoms with Gasteiger partial charge in [0.05, 0.1) is 17.5 Å². The van der Waals surface area contributed by atoms with Crippen molar-refractivity contribution in [3.05, 3.63) is 77.4 Å². The molecular weight excluding hydrogens is 414 g/mol. The normalized spacial score (nSPS) is 15.6. The molecule has 7 heteroatoms. The van der Waals surface area contributed by atoms with Crippen LogP contribution in [0.1, 0.15) is 57.2 Å². The number of amides is 1. The maximum atomic E-state index is 13.4. The lowest BCUT2D eigenvalue weighted by Crippen LogP contribution is -2.42. The lowest BCUT2D eigenvalue weighted by Gasteiger charge is -2.30. The number of ketones is 1. The molecular formula is C26H25N5O2. The Morgan fingerprint density at radius 3 is 2.58 bits per heavy atom. The molecule has 1 saturated heterocycles. The molecule has 1 aromatic carbocycles. The van der Waals surface area contributed by atoms with Crippen LogP contribution in [0.5, 0.6) is 0 Å². The number of benzene rings is 1. The van der Waals surface area contributed by atoms with Crippen LogP contribution < -0.4 is 0 Å². The van der Waals surface area contributed by atoms with Gasteiger partial charge in [-0.05, 0) is 42.4 Å². The van der Waals surface area contributed by atoms with E-state index in [4.69, 9.17) is 4.98 Å². The van der Waals surface area contributed by atoms with Crippen LogP contribution in [0.4, 0.5) is 0 Å². The smallest absolute Gasteiger partial charge is 0.257 e. The maximum Gasteiger partial charge on any atom is 0.257 e. The van der Waals surface area contributed by atoms with E-state index in [2.05, 4.69) is 15.7 Å². The first-order chi connectivity index (χ1) is 16.1. The summed E-state index contributed by atoms with van der Waals surface area (Å²) >= 11 is 0. The van der Waals surface area contributed by atoms with Crippen LogP contribution in [0.3, 0.4) is 0 Å². The molecule has 0 atom stereocenters. The minimum atomic E-state index is -0.101. The van der Waals surface area contributed by atoms with Crippen molar-refractivity contribution < 1.29 is 9.59 Å². The minimum Gasteiger partial charge on any atom is -0.338 e. The fourth-order valence-electron chi connectivity index (χ4n) is 4.62. The average Bonchev–Trinajstić information content (AvgIpc) is 3.42. The molecule has 166 valence electrons. The van der Waals surface area contributed by atoms with Crippen LogP contribution >= 0.6 is 0 Å². The van der Waals surface area contributed by atoms with E-state index in [0.717, 1.165) is 54.8 Å². The summed E-state index contributed by atoms with van der Waals surface area (Å²) in [4.78, 5) is 32.9. The first-order valence-corrected chi connectivity index (χ1v) is 11.5. The largest absolute Gasteiger partial charge is 0.338 e. The fourth-order valence-corrected chi connectivity index (χ4v) is 4.62. The van der Waals surface area contributed by atoms with E-state index >= 15 is 0 Å². The molecule has 0 radical (unpaired) electrons. The number of aromatic nitrogens is 4. The van der Waals surface area contributed by atoms with Gasteiger partial charge < -0.3 is 9.30 Å².